The zero-order valence-corrected chi connectivity index (χ0v) is 5.20. The van der Waals surface area contributed by atoms with Crippen molar-refractivity contribution in [2.45, 2.75) is 19.9 Å². The normalized spacial score (nSPS) is 25.6. The molecule has 1 aliphatic rings. The predicted molar refractivity (Wildman–Crippen MR) is 32.6 cm³/mol. The van der Waals surface area contributed by atoms with E-state index in [0.717, 1.165) is 0 Å². The van der Waals surface area contributed by atoms with Crippen LogP contribution in [0.1, 0.15) is 13.8 Å². The van der Waals surface area contributed by atoms with Crippen LogP contribution in [0.5, 0.6) is 0 Å². The number of hydrogen-bond donors (Lipinski definition) is 0. The second-order valence-corrected chi connectivity index (χ2v) is 2.31. The summed E-state index contributed by atoms with van der Waals surface area (Å²) in [6, 6.07) is 0.343. The van der Waals surface area contributed by atoms with Gasteiger partial charge in [0.15, 0.2) is 0 Å². The van der Waals surface area contributed by atoms with Crippen LogP contribution >= 0.6 is 0 Å². The summed E-state index contributed by atoms with van der Waals surface area (Å²) in [7, 11) is 0. The number of azo groups is 1. The topological polar surface area (TPSA) is 24.7 Å². The van der Waals surface area contributed by atoms with Gasteiger partial charge in [0.1, 0.15) is 0 Å². The first-order chi connectivity index (χ1) is 3.80. The molecule has 2 heteroatoms. The Morgan fingerprint density at radius 1 is 1.50 bits per heavy atom. The molecule has 0 bridgehead atoms. The first-order valence-corrected chi connectivity index (χ1v) is 2.87. The van der Waals surface area contributed by atoms with E-state index in [1.54, 1.807) is 6.20 Å². The minimum Gasteiger partial charge on any atom is -0.181 e. The average Bonchev–Trinajstić information content (AvgIpc) is 2.12. The third-order valence-electron chi connectivity index (χ3n) is 1.23. The number of rotatable bonds is 1. The minimum atomic E-state index is 0.343. The van der Waals surface area contributed by atoms with Crippen LogP contribution in [0.2, 0.25) is 0 Å². The van der Waals surface area contributed by atoms with Crippen LogP contribution < -0.4 is 0 Å². The summed E-state index contributed by atoms with van der Waals surface area (Å²) >= 11 is 0. The summed E-state index contributed by atoms with van der Waals surface area (Å²) in [4.78, 5) is 0. The predicted octanol–water partition coefficient (Wildman–Crippen LogP) is 1.99. The van der Waals surface area contributed by atoms with Crippen LogP contribution in [-0.2, 0) is 0 Å². The molecule has 0 radical (unpaired) electrons. The summed E-state index contributed by atoms with van der Waals surface area (Å²) in [5.41, 5.74) is 0. The molecular formula is C6H10N2. The van der Waals surface area contributed by atoms with Crippen molar-refractivity contribution in [3.63, 3.8) is 0 Å². The molecule has 1 heterocycles. The highest BCUT2D eigenvalue weighted by Gasteiger charge is 2.09. The monoisotopic (exact) mass is 110 g/mol. The quantitative estimate of drug-likeness (QED) is 0.493. The van der Waals surface area contributed by atoms with Crippen LogP contribution in [0.4, 0.5) is 0 Å². The molecule has 0 aromatic rings. The van der Waals surface area contributed by atoms with Crippen molar-refractivity contribution in [3.05, 3.63) is 12.3 Å². The van der Waals surface area contributed by atoms with Gasteiger partial charge in [0.05, 0.1) is 6.04 Å². The molecule has 44 valence electrons. The lowest BCUT2D eigenvalue weighted by atomic mass is 10.1. The van der Waals surface area contributed by atoms with Gasteiger partial charge in [-0.15, -0.1) is 0 Å². The molecule has 0 amide bonds. The molecule has 0 saturated heterocycles. The maximum absolute atomic E-state index is 3.95. The highest BCUT2D eigenvalue weighted by Crippen LogP contribution is 2.12. The molecule has 1 unspecified atom stereocenters. The summed E-state index contributed by atoms with van der Waals surface area (Å²) in [5, 5.41) is 7.68. The first-order valence-electron chi connectivity index (χ1n) is 2.87. The zero-order chi connectivity index (χ0) is 5.98. The van der Waals surface area contributed by atoms with Gasteiger partial charge in [-0.1, -0.05) is 13.8 Å². The fourth-order valence-corrected chi connectivity index (χ4v) is 0.636. The zero-order valence-electron chi connectivity index (χ0n) is 5.20. The maximum Gasteiger partial charge on any atom is 0.0934 e. The van der Waals surface area contributed by atoms with Gasteiger partial charge in [-0.3, -0.25) is 0 Å². The fraction of sp³-hybridized carbons (Fsp3) is 0.667. The van der Waals surface area contributed by atoms with E-state index in [1.807, 2.05) is 6.08 Å². The van der Waals surface area contributed by atoms with E-state index in [-0.39, 0.29) is 0 Å². The molecule has 1 atom stereocenters. The van der Waals surface area contributed by atoms with E-state index in [1.165, 1.54) is 0 Å². The molecule has 0 fully saturated rings. The van der Waals surface area contributed by atoms with Gasteiger partial charge >= 0.3 is 0 Å². The van der Waals surface area contributed by atoms with Crippen LogP contribution in [0.15, 0.2) is 22.5 Å². The summed E-state index contributed by atoms with van der Waals surface area (Å²) < 4.78 is 0. The van der Waals surface area contributed by atoms with Crippen molar-refractivity contribution in [2.75, 3.05) is 0 Å². The second kappa shape index (κ2) is 2.07. The van der Waals surface area contributed by atoms with E-state index in [2.05, 4.69) is 24.1 Å². The molecular weight excluding hydrogens is 100 g/mol. The Labute approximate surface area is 49.3 Å². The molecule has 0 N–H and O–H groups in total. The van der Waals surface area contributed by atoms with E-state index in [0.29, 0.717) is 12.0 Å². The molecule has 0 spiro atoms. The average molecular weight is 110 g/mol. The minimum absolute atomic E-state index is 0.343. The third-order valence-corrected chi connectivity index (χ3v) is 1.23. The van der Waals surface area contributed by atoms with Crippen molar-refractivity contribution < 1.29 is 0 Å². The van der Waals surface area contributed by atoms with Gasteiger partial charge < -0.3 is 0 Å². The van der Waals surface area contributed by atoms with Crippen LogP contribution in [0, 0.1) is 5.92 Å². The lowest BCUT2D eigenvalue weighted by Crippen LogP contribution is -2.05. The molecule has 1 aliphatic heterocycles. The lowest BCUT2D eigenvalue weighted by Gasteiger charge is -2.04. The molecule has 1 rings (SSSR count). The smallest absolute Gasteiger partial charge is 0.0934 e. The van der Waals surface area contributed by atoms with Gasteiger partial charge in [-0.05, 0) is 12.0 Å². The van der Waals surface area contributed by atoms with E-state index in [9.17, 15) is 0 Å². The fourth-order valence-electron chi connectivity index (χ4n) is 0.636. The van der Waals surface area contributed by atoms with E-state index in [4.69, 9.17) is 0 Å². The SMILES string of the molecule is CC(C)C1C=CN=N1. The molecule has 8 heavy (non-hydrogen) atoms. The molecule has 0 aromatic heterocycles. The molecule has 2 nitrogen and oxygen atoms in total. The van der Waals surface area contributed by atoms with Gasteiger partial charge in [-0.25, -0.2) is 0 Å². The van der Waals surface area contributed by atoms with Gasteiger partial charge in [0.25, 0.3) is 0 Å². The van der Waals surface area contributed by atoms with Gasteiger partial charge in [0, 0.05) is 6.20 Å². The van der Waals surface area contributed by atoms with Crippen molar-refractivity contribution in [1.29, 1.82) is 0 Å². The molecule has 0 aliphatic carbocycles. The summed E-state index contributed by atoms with van der Waals surface area (Å²) in [6.07, 6.45) is 3.77. The lowest BCUT2D eigenvalue weighted by molar-refractivity contribution is 0.567. The Morgan fingerprint density at radius 2 is 2.25 bits per heavy atom. The van der Waals surface area contributed by atoms with Crippen molar-refractivity contribution in [3.8, 4) is 0 Å². The third kappa shape index (κ3) is 0.941. The Morgan fingerprint density at radius 3 is 2.50 bits per heavy atom. The standard InChI is InChI=1S/C6H10N2/c1-5(2)6-3-4-7-8-6/h3-6H,1-2H3. The summed E-state index contributed by atoms with van der Waals surface area (Å²) in [5.74, 6) is 0.595. The van der Waals surface area contributed by atoms with Gasteiger partial charge in [0.2, 0.25) is 0 Å². The van der Waals surface area contributed by atoms with Crippen LogP contribution in [0.3, 0.4) is 0 Å². The van der Waals surface area contributed by atoms with Crippen molar-refractivity contribution >= 4 is 0 Å². The maximum atomic E-state index is 3.95. The molecule has 0 aromatic carbocycles. The largest absolute Gasteiger partial charge is 0.181 e. The molecule has 0 saturated carbocycles. The van der Waals surface area contributed by atoms with Crippen LogP contribution in [0.25, 0.3) is 0 Å². The Balaban J connectivity index is 2.49. The Kier molecular flexibility index (Phi) is 1.42. The van der Waals surface area contributed by atoms with Gasteiger partial charge in [-0.2, -0.15) is 10.2 Å². The Hall–Kier alpha value is -0.660. The van der Waals surface area contributed by atoms with E-state index < -0.39 is 0 Å². The van der Waals surface area contributed by atoms with Crippen LogP contribution in [-0.4, -0.2) is 6.04 Å². The van der Waals surface area contributed by atoms with Crippen molar-refractivity contribution in [1.82, 2.24) is 0 Å². The highest BCUT2D eigenvalue weighted by atomic mass is 15.1. The van der Waals surface area contributed by atoms with Crippen molar-refractivity contribution in [2.24, 2.45) is 16.1 Å². The number of nitrogens with zero attached hydrogens (tertiary/aromatic N) is 2. The number of hydrogen-bond acceptors (Lipinski definition) is 2. The second-order valence-electron chi connectivity index (χ2n) is 2.31. The summed E-state index contributed by atoms with van der Waals surface area (Å²) in [6.45, 7) is 4.28. The highest BCUT2D eigenvalue weighted by molar-refractivity contribution is 4.97. The Bertz CT molecular complexity index is 112. The first kappa shape index (κ1) is 5.48. The van der Waals surface area contributed by atoms with E-state index >= 15 is 0 Å².